The topological polar surface area (TPSA) is 293 Å². The van der Waals surface area contributed by atoms with Crippen molar-refractivity contribution < 1.29 is 85.2 Å². The van der Waals surface area contributed by atoms with E-state index in [9.17, 15) is 85.2 Å². The number of anilines is 2. The summed E-state index contributed by atoms with van der Waals surface area (Å²) < 4.78 is 151. The molecular formula is C114H117Cl2F3N6O16S4. The van der Waals surface area contributed by atoms with Crippen molar-refractivity contribution in [2.45, 2.75) is 207 Å². The van der Waals surface area contributed by atoms with Crippen LogP contribution in [0.15, 0.2) is 317 Å². The number of amides is 2. The van der Waals surface area contributed by atoms with Gasteiger partial charge in [-0.1, -0.05) is 234 Å². The number of hydrogen-bond acceptors (Lipinski definition) is 16. The highest BCUT2D eigenvalue weighted by atomic mass is 35.5. The highest BCUT2D eigenvalue weighted by Crippen LogP contribution is 2.38. The van der Waals surface area contributed by atoms with Gasteiger partial charge >= 0.3 is 6.18 Å². The predicted octanol–water partition coefficient (Wildman–Crippen LogP) is 20.1. The zero-order valence-corrected chi connectivity index (χ0v) is 86.5. The maximum Gasteiger partial charge on any atom is 0.416 e. The Balaban J connectivity index is 0.000000162. The Labute approximate surface area is 857 Å². The molecule has 0 spiro atoms. The van der Waals surface area contributed by atoms with Gasteiger partial charge in [0, 0.05) is 118 Å². The summed E-state index contributed by atoms with van der Waals surface area (Å²) in [6.45, 7) is 12.8. The van der Waals surface area contributed by atoms with E-state index in [1.54, 1.807) is 78.7 Å². The Morgan fingerprint density at radius 1 is 0.338 bits per heavy atom. The fourth-order valence-corrected chi connectivity index (χ4v) is 25.3. The third-order valence-electron chi connectivity index (χ3n) is 26.2. The van der Waals surface area contributed by atoms with Crippen LogP contribution in [0.4, 0.5) is 24.5 Å². The molecule has 4 saturated heterocycles. The van der Waals surface area contributed by atoms with Gasteiger partial charge in [0.25, 0.3) is 5.91 Å². The van der Waals surface area contributed by atoms with Gasteiger partial charge < -0.3 is 9.80 Å². The van der Waals surface area contributed by atoms with E-state index >= 15 is 0 Å². The van der Waals surface area contributed by atoms with Crippen molar-refractivity contribution >= 4 is 121 Å². The molecule has 4 aliphatic heterocycles. The summed E-state index contributed by atoms with van der Waals surface area (Å²) in [5, 5.41) is 0.436. The Morgan fingerprint density at radius 3 is 0.966 bits per heavy atom. The fourth-order valence-electron chi connectivity index (χ4n) is 18.2. The van der Waals surface area contributed by atoms with Crippen LogP contribution < -0.4 is 9.80 Å². The lowest BCUT2D eigenvalue weighted by Crippen LogP contribution is -2.41. The van der Waals surface area contributed by atoms with Crippen LogP contribution in [0, 0.1) is 27.7 Å². The van der Waals surface area contributed by atoms with E-state index in [0.29, 0.717) is 98.5 Å². The molecule has 4 aliphatic rings. The minimum Gasteiger partial charge on any atom is -0.315 e. The van der Waals surface area contributed by atoms with Crippen LogP contribution in [-0.4, -0.2) is 161 Å². The first-order chi connectivity index (χ1) is 69.0. The molecule has 0 aliphatic carbocycles. The molecule has 31 heteroatoms. The second kappa shape index (κ2) is 49.2. The summed E-state index contributed by atoms with van der Waals surface area (Å²) in [5.41, 5.74) is 12.1. The normalized spacial score (nSPS) is 16.3. The number of carbonyl (C=O) groups is 8. The number of hydrogen-bond donors (Lipinski definition) is 0. The molecule has 0 bridgehead atoms. The molecule has 4 fully saturated rings. The summed E-state index contributed by atoms with van der Waals surface area (Å²) >= 11 is 12.2. The Kier molecular flexibility index (Phi) is 37.3. The quantitative estimate of drug-likeness (QED) is 0.0362. The average Bonchev–Trinajstić information content (AvgIpc) is 1.71. The lowest BCUT2D eigenvalue weighted by atomic mass is 10.0. The van der Waals surface area contributed by atoms with Crippen molar-refractivity contribution in [3.63, 3.8) is 0 Å². The van der Waals surface area contributed by atoms with Gasteiger partial charge in [0.2, 0.25) is 46.0 Å². The van der Waals surface area contributed by atoms with Crippen LogP contribution in [0.2, 0.25) is 10.0 Å². The third kappa shape index (κ3) is 28.7. The largest absolute Gasteiger partial charge is 0.416 e. The van der Waals surface area contributed by atoms with Gasteiger partial charge in [0.05, 0.1) is 55.7 Å². The SMILES string of the molecule is Cc1ccc(C(=O)N(c2ccc(S(=O)(=O)N3CCC[C@H]3C(=O)Cc3ccccc3)cc2)C(C)C)cc1.Cc1ccc(CC(=O)Cc2ccc(S(=O)(=O)N3CCC[C@H]3C(=O)Cc3ccc(C(F)(F)F)cc3Cl)cc2)cc1.Cc1ccc(CC(=O)Cc2ccc(S(=O)(=O)N3CCC[C@H]3C(=O)Cc3ccccc3)cc2)cc1Cl.Cc1ccc(CC(=O)N(C)c2ccc(S(=O)(=O)N3CCC[C@H]3C(=O)Cc3ccccc3)cc2)cc1. The summed E-state index contributed by atoms with van der Waals surface area (Å²) in [5.74, 6) is -0.911. The van der Waals surface area contributed by atoms with E-state index in [1.807, 2.05) is 205 Å². The maximum absolute atomic E-state index is 13.5. The zero-order chi connectivity index (χ0) is 104. The van der Waals surface area contributed by atoms with Gasteiger partial charge in [-0.3, -0.25) is 38.4 Å². The lowest BCUT2D eigenvalue weighted by molar-refractivity contribution is -0.137. The number of Topliss-reactive ketones (excluding diaryl/α,β-unsaturated/α-hetero) is 6. The molecule has 0 radical (unpaired) electrons. The molecule has 22 nitrogen and oxygen atoms in total. The molecular weight excluding hydrogens is 1970 g/mol. The third-order valence-corrected chi connectivity index (χ3v) is 34.6. The Morgan fingerprint density at radius 2 is 0.634 bits per heavy atom. The fraction of sp³-hybridized carbons (Fsp3) is 0.298. The van der Waals surface area contributed by atoms with Crippen LogP contribution in [0.25, 0.3) is 0 Å². The Bertz CT molecular complexity index is 7110. The number of aryl methyl sites for hydroxylation is 4. The van der Waals surface area contributed by atoms with Gasteiger partial charge in [-0.25, -0.2) is 33.7 Å². The van der Waals surface area contributed by atoms with Crippen LogP contribution in [0.3, 0.4) is 0 Å². The number of nitrogens with zero attached hydrogens (tertiary/aromatic N) is 6. The van der Waals surface area contributed by atoms with E-state index in [4.69, 9.17) is 23.2 Å². The van der Waals surface area contributed by atoms with Crippen LogP contribution >= 0.6 is 23.2 Å². The van der Waals surface area contributed by atoms with Crippen molar-refractivity contribution in [2.24, 2.45) is 0 Å². The maximum atomic E-state index is 13.5. The highest BCUT2D eigenvalue weighted by molar-refractivity contribution is 7.90. The van der Waals surface area contributed by atoms with E-state index < -0.39 is 81.8 Å². The van der Waals surface area contributed by atoms with Crippen LogP contribution in [0.1, 0.15) is 153 Å². The van der Waals surface area contributed by atoms with Crippen molar-refractivity contribution in [3.05, 3.63) is 391 Å². The molecule has 0 N–H and O–H groups in total. The number of likely N-dealkylation sites (N-methyl/N-ethyl adjacent to an activating group) is 1. The van der Waals surface area contributed by atoms with Crippen LogP contribution in [-0.2, 0) is 138 Å². The molecule has 0 aromatic heterocycles. The molecule has 2 amide bonds. The predicted molar refractivity (Wildman–Crippen MR) is 558 cm³/mol. The van der Waals surface area contributed by atoms with Crippen molar-refractivity contribution in [1.29, 1.82) is 0 Å². The minimum atomic E-state index is -4.56. The monoisotopic (exact) mass is 2080 g/mol. The van der Waals surface area contributed by atoms with Gasteiger partial charge in [0.1, 0.15) is 11.6 Å². The summed E-state index contributed by atoms with van der Waals surface area (Å²) in [6.07, 6.45) is 1.26. The molecule has 4 heterocycles. The average molecular weight is 2080 g/mol. The smallest absolute Gasteiger partial charge is 0.315 e. The standard InChI is InChI=1S/C29H27ClF3NO4S.C29H32N2O4S.C28H28ClNO4S.C28H30N2O4S/c1-19-4-6-20(7-5-19)15-24(35)16-21-8-12-25(13-9-21)39(37,38)34-14-2-3-27(34)28(36)17-22-10-11-23(18-26(22)30)29(31,32)33;1-21(2)31(29(33)24-13-11-22(3)12-14-24)25-15-17-26(18-16-25)36(34,35)30-19-7-10-27(30)28(32)20-23-8-5-4-6-9-23;1-20-9-10-23(18-26(20)29)17-24(31)16-22-11-13-25(14-12-22)35(33,34)30-15-5-8-27(30)28(32)19-21-6-3-2-4-7-21;1-21-10-12-23(13-11-21)20-28(32)29(2)24-14-16-25(17-15-24)35(33,34)30-18-6-9-26(30)27(31)19-22-7-4-3-5-8-22/h4-13,18,27H,2-3,14-17H2,1H3;4-6,8-9,11-18,21,27H,7,10,19-20H2,1-3H3;2-4,6-7,9-14,18,27H,5,8,15-17,19H2,1H3;3-5,7-8,10-17,26H,6,9,18-20H2,1-2H3/t3*27-;26-/m0000/s1. The molecule has 16 rings (SSSR count). The molecule has 4 atom stereocenters. The Hall–Kier alpha value is -12.4. The van der Waals surface area contributed by atoms with Crippen molar-refractivity contribution in [1.82, 2.24) is 17.2 Å². The second-order valence-corrected chi connectivity index (χ2v) is 45.7. The first kappa shape index (κ1) is 110. The summed E-state index contributed by atoms with van der Waals surface area (Å²) in [4.78, 5) is 106. The summed E-state index contributed by atoms with van der Waals surface area (Å²) in [7, 11) is -13.8. The van der Waals surface area contributed by atoms with E-state index in [0.717, 1.165) is 83.7 Å². The second-order valence-electron chi connectivity index (χ2n) is 37.3. The molecule has 0 saturated carbocycles. The first-order valence-electron chi connectivity index (χ1n) is 48.1. The number of sulfonamides is 4. The molecule has 12 aromatic rings. The van der Waals surface area contributed by atoms with Gasteiger partial charge in [0.15, 0.2) is 23.1 Å². The number of rotatable bonds is 34. The van der Waals surface area contributed by atoms with E-state index in [2.05, 4.69) is 0 Å². The molecule has 12 aromatic carbocycles. The molecule has 0 unspecified atom stereocenters. The number of carbonyl (C=O) groups excluding carboxylic acids is 8. The molecule has 145 heavy (non-hydrogen) atoms. The van der Waals surface area contributed by atoms with Crippen LogP contribution in [0.5, 0.6) is 0 Å². The van der Waals surface area contributed by atoms with Gasteiger partial charge in [-0.05, 0) is 252 Å². The number of halogens is 5. The summed E-state index contributed by atoms with van der Waals surface area (Å²) in [6, 6.07) is 81.4. The van der Waals surface area contributed by atoms with E-state index in [1.165, 1.54) is 66.3 Å². The van der Waals surface area contributed by atoms with E-state index in [-0.39, 0.29) is 141 Å². The lowest BCUT2D eigenvalue weighted by Gasteiger charge is -2.28. The number of alkyl halides is 3. The van der Waals surface area contributed by atoms with Crippen molar-refractivity contribution in [2.75, 3.05) is 43.0 Å². The highest BCUT2D eigenvalue weighted by Gasteiger charge is 2.44. The van der Waals surface area contributed by atoms with Gasteiger partial charge in [-0.15, -0.1) is 0 Å². The van der Waals surface area contributed by atoms with Crippen molar-refractivity contribution in [3.8, 4) is 0 Å². The molecule has 758 valence electrons. The van der Waals surface area contributed by atoms with Gasteiger partial charge in [-0.2, -0.15) is 30.4 Å². The zero-order valence-electron chi connectivity index (χ0n) is 81.8. The minimum absolute atomic E-state index is 0.00147. The first-order valence-corrected chi connectivity index (χ1v) is 54.6. The number of ketones is 6. The number of benzene rings is 12.